The van der Waals surface area contributed by atoms with E-state index in [4.69, 9.17) is 17.0 Å². The maximum absolute atomic E-state index is 12.5. The van der Waals surface area contributed by atoms with Crippen LogP contribution in [0.4, 0.5) is 0 Å². The van der Waals surface area contributed by atoms with E-state index in [0.29, 0.717) is 14.8 Å². The van der Waals surface area contributed by atoms with Crippen molar-refractivity contribution >= 4 is 46.3 Å². The number of amides is 1. The molecule has 25 heavy (non-hydrogen) atoms. The molecule has 1 amide bonds. The van der Waals surface area contributed by atoms with E-state index < -0.39 is 5.97 Å². The number of aromatic hydroxyl groups is 1. The summed E-state index contributed by atoms with van der Waals surface area (Å²) in [6.07, 6.45) is 6.73. The lowest BCUT2D eigenvalue weighted by molar-refractivity contribution is -0.152. The van der Waals surface area contributed by atoms with Gasteiger partial charge in [0, 0.05) is 0 Å². The second kappa shape index (κ2) is 8.01. The van der Waals surface area contributed by atoms with Crippen molar-refractivity contribution in [1.82, 2.24) is 4.90 Å². The average molecular weight is 377 g/mol. The van der Waals surface area contributed by atoms with Crippen LogP contribution in [0, 0.1) is 0 Å². The van der Waals surface area contributed by atoms with Gasteiger partial charge in [0.25, 0.3) is 5.91 Å². The molecule has 1 aliphatic heterocycles. The van der Waals surface area contributed by atoms with Gasteiger partial charge in [-0.15, -0.1) is 0 Å². The van der Waals surface area contributed by atoms with E-state index in [1.807, 2.05) is 0 Å². The highest BCUT2D eigenvalue weighted by molar-refractivity contribution is 8.26. The monoisotopic (exact) mass is 377 g/mol. The topological polar surface area (TPSA) is 66.8 Å². The van der Waals surface area contributed by atoms with E-state index >= 15 is 0 Å². The molecular formula is C18H19NO4S2. The quantitative estimate of drug-likeness (QED) is 0.492. The molecule has 1 aromatic carbocycles. The molecule has 1 saturated carbocycles. The van der Waals surface area contributed by atoms with Crippen LogP contribution in [-0.2, 0) is 14.3 Å². The van der Waals surface area contributed by atoms with E-state index in [1.165, 1.54) is 11.3 Å². The van der Waals surface area contributed by atoms with E-state index in [-0.39, 0.29) is 24.3 Å². The molecule has 0 atom stereocenters. The van der Waals surface area contributed by atoms with Crippen LogP contribution in [0.5, 0.6) is 5.75 Å². The number of esters is 1. The lowest BCUT2D eigenvalue weighted by Crippen LogP contribution is -2.36. The minimum Gasteiger partial charge on any atom is -0.508 e. The number of thioether (sulfide) groups is 1. The second-order valence-corrected chi connectivity index (χ2v) is 7.79. The normalized spacial score (nSPS) is 20.3. The van der Waals surface area contributed by atoms with Gasteiger partial charge in [0.2, 0.25) is 0 Å². The number of carbonyl (C=O) groups is 2. The van der Waals surface area contributed by atoms with Gasteiger partial charge in [-0.1, -0.05) is 42.5 Å². The number of ether oxygens (including phenoxy) is 1. The van der Waals surface area contributed by atoms with Crippen LogP contribution in [0.25, 0.3) is 6.08 Å². The molecule has 0 bridgehead atoms. The zero-order valence-corrected chi connectivity index (χ0v) is 15.3. The third-order valence-electron chi connectivity index (χ3n) is 4.18. The lowest BCUT2D eigenvalue weighted by Gasteiger charge is -2.23. The predicted molar refractivity (Wildman–Crippen MR) is 101 cm³/mol. The number of nitrogens with zero attached hydrogens (tertiary/aromatic N) is 1. The van der Waals surface area contributed by atoms with Gasteiger partial charge in [-0.3, -0.25) is 14.5 Å². The molecule has 2 fully saturated rings. The highest BCUT2D eigenvalue weighted by Gasteiger charge is 2.34. The highest BCUT2D eigenvalue weighted by atomic mass is 32.2. The van der Waals surface area contributed by atoms with Crippen molar-refractivity contribution in [3.8, 4) is 5.75 Å². The molecule has 0 spiro atoms. The molecule has 1 heterocycles. The van der Waals surface area contributed by atoms with Crippen molar-refractivity contribution in [3.63, 3.8) is 0 Å². The number of thiocarbonyl (C=S) groups is 1. The Kier molecular flexibility index (Phi) is 5.75. The van der Waals surface area contributed by atoms with Crippen molar-refractivity contribution in [1.29, 1.82) is 0 Å². The van der Waals surface area contributed by atoms with Gasteiger partial charge >= 0.3 is 5.97 Å². The molecule has 1 aromatic rings. The molecule has 3 rings (SSSR count). The number of rotatable bonds is 4. The molecule has 0 unspecified atom stereocenters. The van der Waals surface area contributed by atoms with Crippen molar-refractivity contribution < 1.29 is 19.4 Å². The van der Waals surface area contributed by atoms with E-state index in [2.05, 4.69) is 0 Å². The lowest BCUT2D eigenvalue weighted by atomic mass is 9.98. The van der Waals surface area contributed by atoms with Gasteiger partial charge in [0.15, 0.2) is 0 Å². The summed E-state index contributed by atoms with van der Waals surface area (Å²) in [6.45, 7) is -0.154. The molecule has 5 nitrogen and oxygen atoms in total. The maximum atomic E-state index is 12.5. The third-order valence-corrected chi connectivity index (χ3v) is 5.56. The van der Waals surface area contributed by atoms with Gasteiger partial charge < -0.3 is 9.84 Å². The van der Waals surface area contributed by atoms with Crippen LogP contribution >= 0.6 is 24.0 Å². The van der Waals surface area contributed by atoms with Crippen molar-refractivity contribution in [2.75, 3.05) is 6.54 Å². The number of phenols is 1. The Bertz CT molecular complexity index is 726. The van der Waals surface area contributed by atoms with Crippen LogP contribution in [0.1, 0.15) is 37.7 Å². The Morgan fingerprint density at radius 2 is 2.12 bits per heavy atom. The molecule has 7 heteroatoms. The van der Waals surface area contributed by atoms with E-state index in [1.54, 1.807) is 30.3 Å². The molecule has 0 aromatic heterocycles. The highest BCUT2D eigenvalue weighted by Crippen LogP contribution is 2.33. The Labute approximate surface area is 156 Å². The molecule has 132 valence electrons. The number of hydrogen-bond donors (Lipinski definition) is 1. The molecule has 0 radical (unpaired) electrons. The summed E-state index contributed by atoms with van der Waals surface area (Å²) in [5.41, 5.74) is 0.699. The predicted octanol–water partition coefficient (Wildman–Crippen LogP) is 3.47. The number of carbonyl (C=O) groups excluding carboxylic acids is 2. The molecule has 1 saturated heterocycles. The first-order valence-corrected chi connectivity index (χ1v) is 9.49. The molecular weight excluding hydrogens is 358 g/mol. The fourth-order valence-electron chi connectivity index (χ4n) is 2.94. The Balaban J connectivity index is 1.63. The summed E-state index contributed by atoms with van der Waals surface area (Å²) in [5.74, 6) is -0.596. The number of hydrogen-bond acceptors (Lipinski definition) is 6. The van der Waals surface area contributed by atoms with E-state index in [9.17, 15) is 14.7 Å². The van der Waals surface area contributed by atoms with Crippen LogP contribution < -0.4 is 0 Å². The van der Waals surface area contributed by atoms with Gasteiger partial charge in [0.1, 0.15) is 22.7 Å². The van der Waals surface area contributed by atoms with Crippen LogP contribution in [0.3, 0.4) is 0 Å². The summed E-state index contributed by atoms with van der Waals surface area (Å²) in [6, 6.07) is 6.60. The minimum atomic E-state index is -0.415. The summed E-state index contributed by atoms with van der Waals surface area (Å²) in [7, 11) is 0. The average Bonchev–Trinajstić information content (AvgIpc) is 2.83. The number of benzene rings is 1. The fraction of sp³-hybridized carbons (Fsp3) is 0.389. The third kappa shape index (κ3) is 4.61. The van der Waals surface area contributed by atoms with Gasteiger partial charge in [-0.05, 0) is 49.5 Å². The SMILES string of the molecule is O=C(CN1C(=O)/C(=C/c2cccc(O)c2)SC1=S)OC1CCCCC1. The smallest absolute Gasteiger partial charge is 0.326 e. The second-order valence-electron chi connectivity index (χ2n) is 6.11. The van der Waals surface area contributed by atoms with E-state index in [0.717, 1.165) is 37.4 Å². The van der Waals surface area contributed by atoms with Crippen LogP contribution in [0.15, 0.2) is 29.2 Å². The van der Waals surface area contributed by atoms with Crippen molar-refractivity contribution in [2.45, 2.75) is 38.2 Å². The van der Waals surface area contributed by atoms with Crippen molar-refractivity contribution in [3.05, 3.63) is 34.7 Å². The first kappa shape index (κ1) is 17.9. The Morgan fingerprint density at radius 3 is 2.84 bits per heavy atom. The first-order chi connectivity index (χ1) is 12.0. The number of phenolic OH excluding ortho intramolecular Hbond substituents is 1. The van der Waals surface area contributed by atoms with Gasteiger partial charge in [-0.25, -0.2) is 0 Å². The zero-order valence-electron chi connectivity index (χ0n) is 13.6. The first-order valence-electron chi connectivity index (χ1n) is 8.27. The largest absolute Gasteiger partial charge is 0.508 e. The Morgan fingerprint density at radius 1 is 1.36 bits per heavy atom. The van der Waals surface area contributed by atoms with Gasteiger partial charge in [0.05, 0.1) is 4.91 Å². The zero-order chi connectivity index (χ0) is 17.8. The molecule has 1 N–H and O–H groups in total. The summed E-state index contributed by atoms with van der Waals surface area (Å²) in [4.78, 5) is 26.4. The van der Waals surface area contributed by atoms with Gasteiger partial charge in [-0.2, -0.15) is 0 Å². The molecule has 1 aliphatic carbocycles. The standard InChI is InChI=1S/C18H19NO4S2/c20-13-6-4-5-12(9-13)10-15-17(22)19(18(24)25-15)11-16(21)23-14-7-2-1-3-8-14/h4-6,9-10,14,20H,1-3,7-8,11H2/b15-10-. The molecule has 2 aliphatic rings. The summed E-state index contributed by atoms with van der Waals surface area (Å²) < 4.78 is 5.81. The Hall–Kier alpha value is -1.86. The summed E-state index contributed by atoms with van der Waals surface area (Å²) in [5, 5.41) is 9.51. The van der Waals surface area contributed by atoms with Crippen molar-refractivity contribution in [2.24, 2.45) is 0 Å². The fourth-order valence-corrected chi connectivity index (χ4v) is 4.19. The maximum Gasteiger partial charge on any atom is 0.326 e. The summed E-state index contributed by atoms with van der Waals surface area (Å²) >= 11 is 6.38. The minimum absolute atomic E-state index is 0.0394. The van der Waals surface area contributed by atoms with Crippen LogP contribution in [0.2, 0.25) is 0 Å². The van der Waals surface area contributed by atoms with Crippen LogP contribution in [-0.4, -0.2) is 38.9 Å².